The molecule has 9 heavy (non-hydrogen) atoms. The molecule has 2 N–H and O–H groups in total. The second-order valence-electron chi connectivity index (χ2n) is 1.11. The Morgan fingerprint density at radius 2 is 2.00 bits per heavy atom. The number of nitrogens with two attached hydrogens (primary N) is 1. The monoisotopic (exact) mass is 166 g/mol. The molecule has 0 bridgehead atoms. The largest absolute Gasteiger partial charge is 1.00 e. The van der Waals surface area contributed by atoms with Crippen molar-refractivity contribution < 1.29 is 69.0 Å². The normalized spacial score (nSPS) is 10.4. The zero-order valence-corrected chi connectivity index (χ0v) is 10.5. The summed E-state index contributed by atoms with van der Waals surface area (Å²) in [6, 6.07) is -0.927. The van der Waals surface area contributed by atoms with Crippen LogP contribution in [0.4, 0.5) is 0 Å². The molecule has 1 atom stereocenters. The van der Waals surface area contributed by atoms with Crippen molar-refractivity contribution in [3.05, 3.63) is 0 Å². The van der Waals surface area contributed by atoms with Crippen LogP contribution in [0.5, 0.6) is 0 Å². The van der Waals surface area contributed by atoms with E-state index in [0.717, 1.165) is 0 Å². The van der Waals surface area contributed by atoms with E-state index < -0.39 is 12.0 Å². The average molecular weight is 166 g/mol. The molecule has 0 aromatic heterocycles. The van der Waals surface area contributed by atoms with Crippen molar-refractivity contribution in [2.75, 3.05) is 5.75 Å². The molecule has 0 spiro atoms. The second-order valence-corrected chi connectivity index (χ2v) is 1.47. The summed E-state index contributed by atoms with van der Waals surface area (Å²) in [7, 11) is 0. The molecule has 0 aromatic rings. The van der Waals surface area contributed by atoms with Crippen molar-refractivity contribution in [3.8, 4) is 0 Å². The molecule has 0 saturated heterocycles. The first kappa shape index (κ1) is 17.0. The molecule has 0 aliphatic rings. The van der Waals surface area contributed by atoms with Gasteiger partial charge in [0.2, 0.25) is 0 Å². The minimum absolute atomic E-state index is 0. The Balaban J connectivity index is -0.000000180. The Hall–Kier alpha value is 1.78. The van der Waals surface area contributed by atoms with E-state index in [2.05, 4.69) is 12.6 Å². The van der Waals surface area contributed by atoms with Gasteiger partial charge in [0.05, 0.1) is 12.0 Å². The van der Waals surface area contributed by atoms with Crippen molar-refractivity contribution in [2.45, 2.75) is 6.04 Å². The Bertz CT molecular complexity index is 82.2. The van der Waals surface area contributed by atoms with E-state index in [4.69, 9.17) is 5.73 Å². The summed E-state index contributed by atoms with van der Waals surface area (Å²) in [6.45, 7) is 0. The smallest absolute Gasteiger partial charge is 0.548 e. The summed E-state index contributed by atoms with van der Waals surface area (Å²) in [6.07, 6.45) is 0. The van der Waals surface area contributed by atoms with Crippen LogP contribution in [-0.2, 0) is 4.79 Å². The number of carboxylic acid groups (broad SMARTS) is 1. The summed E-state index contributed by atoms with van der Waals surface area (Å²) >= 11 is 3.61. The summed E-state index contributed by atoms with van der Waals surface area (Å²) in [5, 5.41) is 9.65. The van der Waals surface area contributed by atoms with Gasteiger partial charge in [-0.15, -0.1) is 0 Å². The minimum Gasteiger partial charge on any atom is -0.548 e. The quantitative estimate of drug-likeness (QED) is 0.316. The average Bonchev–Trinajstić information content (AvgIpc) is 1.65. The van der Waals surface area contributed by atoms with Crippen LogP contribution in [0.2, 0.25) is 0 Å². The number of thiol groups is 1. The van der Waals surface area contributed by atoms with Gasteiger partial charge < -0.3 is 15.6 Å². The topological polar surface area (TPSA) is 66.2 Å². The molecular weight excluding hydrogens is 160 g/mol. The number of carbonyl (C=O) groups excluding carboxylic acids is 1. The number of carbonyl (C=O) groups is 1. The van der Waals surface area contributed by atoms with E-state index in [1.165, 1.54) is 0 Å². The molecule has 0 aliphatic carbocycles. The molecule has 3 nitrogen and oxygen atoms in total. The second kappa shape index (κ2) is 9.78. The van der Waals surface area contributed by atoms with Crippen molar-refractivity contribution in [1.82, 2.24) is 0 Å². The zero-order valence-electron chi connectivity index (χ0n) is 5.63. The predicted octanol–water partition coefficient (Wildman–Crippen LogP) is -8.00. The summed E-state index contributed by atoms with van der Waals surface area (Å²) in [5.41, 5.74) is 4.88. The Kier molecular flexibility index (Phi) is 18.5. The fourth-order valence-corrected chi connectivity index (χ4v) is 0.224. The standard InChI is InChI=1S/C3H7NO2S.2Na/c4-2(1-7)3(5)6;;/h2,7H,1,4H2,(H,5,6);;/q;2*+1/p-1/t2-;;/m0../s1. The van der Waals surface area contributed by atoms with E-state index >= 15 is 0 Å². The Morgan fingerprint density at radius 1 is 1.67 bits per heavy atom. The predicted molar refractivity (Wildman–Crippen MR) is 26.8 cm³/mol. The molecule has 0 heterocycles. The van der Waals surface area contributed by atoms with Gasteiger partial charge in [0.15, 0.2) is 0 Å². The molecule has 0 amide bonds. The summed E-state index contributed by atoms with van der Waals surface area (Å²) < 4.78 is 0. The molecule has 42 valence electrons. The van der Waals surface area contributed by atoms with Crippen LogP contribution in [0.25, 0.3) is 0 Å². The minimum atomic E-state index is -1.25. The maximum Gasteiger partial charge on any atom is 1.00 e. The van der Waals surface area contributed by atoms with Crippen LogP contribution in [0.15, 0.2) is 0 Å². The van der Waals surface area contributed by atoms with Gasteiger partial charge in [-0.05, 0) is 0 Å². The van der Waals surface area contributed by atoms with Crippen molar-refractivity contribution in [3.63, 3.8) is 0 Å². The van der Waals surface area contributed by atoms with Crippen LogP contribution in [-0.4, -0.2) is 17.8 Å². The van der Waals surface area contributed by atoms with Gasteiger partial charge in [0, 0.05) is 5.75 Å². The number of carboxylic acids is 1. The van der Waals surface area contributed by atoms with E-state index in [1.54, 1.807) is 0 Å². The van der Waals surface area contributed by atoms with Crippen LogP contribution in [0.3, 0.4) is 0 Å². The van der Waals surface area contributed by atoms with Crippen molar-refractivity contribution >= 4 is 18.6 Å². The molecule has 6 heteroatoms. The van der Waals surface area contributed by atoms with E-state index in [1.807, 2.05) is 0 Å². The van der Waals surface area contributed by atoms with Crippen LogP contribution in [0, 0.1) is 0 Å². The van der Waals surface area contributed by atoms with Gasteiger partial charge in [-0.3, -0.25) is 0 Å². The van der Waals surface area contributed by atoms with Crippen LogP contribution >= 0.6 is 12.6 Å². The van der Waals surface area contributed by atoms with E-state index in [-0.39, 0.29) is 64.9 Å². The van der Waals surface area contributed by atoms with Gasteiger partial charge in [0.1, 0.15) is 0 Å². The number of aliphatic carboxylic acids is 1. The number of hydrogen-bond donors (Lipinski definition) is 2. The van der Waals surface area contributed by atoms with Gasteiger partial charge in [-0.1, -0.05) is 0 Å². The Labute approximate surface area is 104 Å². The third kappa shape index (κ3) is 9.78. The number of rotatable bonds is 2. The third-order valence-corrected chi connectivity index (χ3v) is 0.893. The molecule has 0 rings (SSSR count). The molecule has 0 saturated carbocycles. The number of hydrogen-bond acceptors (Lipinski definition) is 4. The van der Waals surface area contributed by atoms with Gasteiger partial charge in [-0.2, -0.15) is 12.6 Å². The summed E-state index contributed by atoms with van der Waals surface area (Å²) in [5.74, 6) is -1.13. The summed E-state index contributed by atoms with van der Waals surface area (Å²) in [4.78, 5) is 9.65. The Morgan fingerprint density at radius 3 is 2.00 bits per heavy atom. The third-order valence-electron chi connectivity index (χ3n) is 0.499. The SMILES string of the molecule is N[C@@H](CS)C(=O)[O-].[Na+].[Na+]. The van der Waals surface area contributed by atoms with Crippen LogP contribution in [0.1, 0.15) is 0 Å². The zero-order chi connectivity index (χ0) is 5.86. The van der Waals surface area contributed by atoms with Gasteiger partial charge >= 0.3 is 59.1 Å². The fourth-order valence-electron chi connectivity index (χ4n) is 0.0745. The first-order valence-electron chi connectivity index (χ1n) is 1.75. The van der Waals surface area contributed by atoms with E-state index in [0.29, 0.717) is 0 Å². The molecule has 0 unspecified atom stereocenters. The molecule has 0 fully saturated rings. The molecule has 0 radical (unpaired) electrons. The maximum absolute atomic E-state index is 9.65. The molecule has 0 aliphatic heterocycles. The molecular formula is C3H6NNa2O2S+. The van der Waals surface area contributed by atoms with Gasteiger partial charge in [-0.25, -0.2) is 0 Å². The van der Waals surface area contributed by atoms with Crippen molar-refractivity contribution in [1.29, 1.82) is 0 Å². The first-order valence-corrected chi connectivity index (χ1v) is 2.39. The van der Waals surface area contributed by atoms with Crippen LogP contribution < -0.4 is 70.0 Å². The van der Waals surface area contributed by atoms with Crippen molar-refractivity contribution in [2.24, 2.45) is 5.73 Å². The molecule has 0 aromatic carbocycles. The first-order chi connectivity index (χ1) is 3.18. The fraction of sp³-hybridized carbons (Fsp3) is 0.667. The van der Waals surface area contributed by atoms with E-state index in [9.17, 15) is 9.90 Å². The maximum atomic E-state index is 9.65. The van der Waals surface area contributed by atoms with Gasteiger partial charge in [0.25, 0.3) is 0 Å².